The van der Waals surface area contributed by atoms with Crippen molar-refractivity contribution in [2.75, 3.05) is 12.4 Å². The standard InChI is InChI=1S/C14H21N3O/c1-10-5-4-6-11(2)17(10)14(18)13-8-7-12(15-3)9-16-13/h7-11,15H,4-6H2,1-3H3/t10-,11+. The average molecular weight is 247 g/mol. The number of carbonyl (C=O) groups excluding carboxylic acids is 1. The molecule has 18 heavy (non-hydrogen) atoms. The number of nitrogens with one attached hydrogen (secondary N) is 1. The van der Waals surface area contributed by atoms with E-state index >= 15 is 0 Å². The fraction of sp³-hybridized carbons (Fsp3) is 0.571. The Labute approximate surface area is 108 Å². The first-order valence-electron chi connectivity index (χ1n) is 6.60. The monoisotopic (exact) mass is 247 g/mol. The largest absolute Gasteiger partial charge is 0.387 e. The van der Waals surface area contributed by atoms with Crippen LogP contribution in [-0.4, -0.2) is 34.9 Å². The highest BCUT2D eigenvalue weighted by Crippen LogP contribution is 2.24. The first-order valence-corrected chi connectivity index (χ1v) is 6.60. The molecule has 1 aliphatic rings. The third-order valence-corrected chi connectivity index (χ3v) is 3.70. The molecule has 2 atom stereocenters. The normalized spacial score (nSPS) is 23.8. The Balaban J connectivity index is 2.18. The second kappa shape index (κ2) is 5.38. The molecule has 1 saturated heterocycles. The van der Waals surface area contributed by atoms with Gasteiger partial charge in [-0.25, -0.2) is 4.98 Å². The molecular formula is C14H21N3O. The predicted molar refractivity (Wildman–Crippen MR) is 72.7 cm³/mol. The van der Waals surface area contributed by atoms with Gasteiger partial charge in [0.2, 0.25) is 0 Å². The van der Waals surface area contributed by atoms with Crippen molar-refractivity contribution in [2.45, 2.75) is 45.2 Å². The lowest BCUT2D eigenvalue weighted by Gasteiger charge is -2.38. The molecule has 1 N–H and O–H groups in total. The summed E-state index contributed by atoms with van der Waals surface area (Å²) in [7, 11) is 1.84. The van der Waals surface area contributed by atoms with Gasteiger partial charge in [-0.15, -0.1) is 0 Å². The van der Waals surface area contributed by atoms with E-state index in [-0.39, 0.29) is 5.91 Å². The molecule has 1 fully saturated rings. The van der Waals surface area contributed by atoms with Crippen LogP contribution in [0, 0.1) is 0 Å². The fourth-order valence-corrected chi connectivity index (χ4v) is 2.62. The smallest absolute Gasteiger partial charge is 0.272 e. The molecule has 2 heterocycles. The molecule has 1 amide bonds. The first kappa shape index (κ1) is 12.9. The summed E-state index contributed by atoms with van der Waals surface area (Å²) in [6, 6.07) is 4.31. The Bertz CT molecular complexity index is 406. The van der Waals surface area contributed by atoms with Crippen LogP contribution in [0.5, 0.6) is 0 Å². The summed E-state index contributed by atoms with van der Waals surface area (Å²) in [5.74, 6) is 0.0531. The number of likely N-dealkylation sites (tertiary alicyclic amines) is 1. The molecule has 1 aliphatic heterocycles. The Morgan fingerprint density at radius 3 is 2.50 bits per heavy atom. The SMILES string of the molecule is CNc1ccc(C(=O)N2[C@H](C)CCC[C@@H]2C)nc1. The summed E-state index contributed by atoms with van der Waals surface area (Å²) >= 11 is 0. The van der Waals surface area contributed by atoms with Gasteiger partial charge in [-0.3, -0.25) is 4.79 Å². The van der Waals surface area contributed by atoms with Gasteiger partial charge in [-0.1, -0.05) is 0 Å². The van der Waals surface area contributed by atoms with Gasteiger partial charge in [-0.2, -0.15) is 0 Å². The van der Waals surface area contributed by atoms with Gasteiger partial charge in [0.1, 0.15) is 5.69 Å². The fourth-order valence-electron chi connectivity index (χ4n) is 2.62. The van der Waals surface area contributed by atoms with Gasteiger partial charge in [0.25, 0.3) is 5.91 Å². The van der Waals surface area contributed by atoms with E-state index in [1.54, 1.807) is 12.3 Å². The second-order valence-corrected chi connectivity index (χ2v) is 5.02. The lowest BCUT2D eigenvalue weighted by atomic mass is 9.97. The van der Waals surface area contributed by atoms with Crippen LogP contribution < -0.4 is 5.32 Å². The van der Waals surface area contributed by atoms with E-state index in [0.717, 1.165) is 18.5 Å². The van der Waals surface area contributed by atoms with Crippen LogP contribution in [0.25, 0.3) is 0 Å². The molecule has 1 aromatic heterocycles. The molecule has 0 aliphatic carbocycles. The van der Waals surface area contributed by atoms with Crippen molar-refractivity contribution >= 4 is 11.6 Å². The minimum atomic E-state index is 0.0531. The highest BCUT2D eigenvalue weighted by Gasteiger charge is 2.30. The van der Waals surface area contributed by atoms with E-state index in [0.29, 0.717) is 17.8 Å². The van der Waals surface area contributed by atoms with E-state index in [1.165, 1.54) is 6.42 Å². The predicted octanol–water partition coefficient (Wildman–Crippen LogP) is 2.53. The van der Waals surface area contributed by atoms with Crippen LogP contribution in [0.1, 0.15) is 43.6 Å². The summed E-state index contributed by atoms with van der Waals surface area (Å²) in [5.41, 5.74) is 1.46. The molecule has 2 rings (SSSR count). The Morgan fingerprint density at radius 2 is 2.00 bits per heavy atom. The highest BCUT2D eigenvalue weighted by molar-refractivity contribution is 5.93. The van der Waals surface area contributed by atoms with Crippen LogP contribution >= 0.6 is 0 Å². The maximum Gasteiger partial charge on any atom is 0.272 e. The molecule has 4 heteroatoms. The molecule has 4 nitrogen and oxygen atoms in total. The van der Waals surface area contributed by atoms with Crippen molar-refractivity contribution < 1.29 is 4.79 Å². The molecule has 0 unspecified atom stereocenters. The summed E-state index contributed by atoms with van der Waals surface area (Å²) in [6.07, 6.45) is 5.08. The van der Waals surface area contributed by atoms with Gasteiger partial charge in [0.05, 0.1) is 11.9 Å². The maximum absolute atomic E-state index is 12.5. The lowest BCUT2D eigenvalue weighted by Crippen LogP contribution is -2.47. The quantitative estimate of drug-likeness (QED) is 0.873. The van der Waals surface area contributed by atoms with Gasteiger partial charge in [0.15, 0.2) is 0 Å². The molecule has 0 spiro atoms. The summed E-state index contributed by atoms with van der Waals surface area (Å²) in [6.45, 7) is 4.24. The number of aromatic nitrogens is 1. The summed E-state index contributed by atoms with van der Waals surface area (Å²) < 4.78 is 0. The van der Waals surface area contributed by atoms with E-state index in [4.69, 9.17) is 0 Å². The number of carbonyl (C=O) groups is 1. The Hall–Kier alpha value is -1.58. The number of anilines is 1. The first-order chi connectivity index (χ1) is 8.63. The number of hydrogen-bond donors (Lipinski definition) is 1. The van der Waals surface area contributed by atoms with E-state index in [2.05, 4.69) is 24.1 Å². The minimum Gasteiger partial charge on any atom is -0.387 e. The van der Waals surface area contributed by atoms with Crippen LogP contribution in [0.15, 0.2) is 18.3 Å². The zero-order chi connectivity index (χ0) is 13.1. The highest BCUT2D eigenvalue weighted by atomic mass is 16.2. The number of nitrogens with zero attached hydrogens (tertiary/aromatic N) is 2. The molecule has 0 saturated carbocycles. The van der Waals surface area contributed by atoms with Crippen molar-refractivity contribution in [3.8, 4) is 0 Å². The van der Waals surface area contributed by atoms with Crippen molar-refractivity contribution in [3.05, 3.63) is 24.0 Å². The van der Waals surface area contributed by atoms with Crippen molar-refractivity contribution in [3.63, 3.8) is 0 Å². The molecule has 0 aromatic carbocycles. The third-order valence-electron chi connectivity index (χ3n) is 3.70. The van der Waals surface area contributed by atoms with Gasteiger partial charge in [0, 0.05) is 19.1 Å². The maximum atomic E-state index is 12.5. The molecule has 1 aromatic rings. The van der Waals surface area contributed by atoms with Crippen molar-refractivity contribution in [1.29, 1.82) is 0 Å². The molecular weight excluding hydrogens is 226 g/mol. The number of piperidine rings is 1. The molecule has 98 valence electrons. The van der Waals surface area contributed by atoms with Gasteiger partial charge < -0.3 is 10.2 Å². The summed E-state index contributed by atoms with van der Waals surface area (Å²) in [5, 5.41) is 3.00. The van der Waals surface area contributed by atoms with E-state index < -0.39 is 0 Å². The van der Waals surface area contributed by atoms with Gasteiger partial charge in [-0.05, 0) is 45.2 Å². The van der Waals surface area contributed by atoms with Crippen LogP contribution in [0.3, 0.4) is 0 Å². The average Bonchev–Trinajstić information content (AvgIpc) is 2.38. The topological polar surface area (TPSA) is 45.2 Å². The Morgan fingerprint density at radius 1 is 1.33 bits per heavy atom. The van der Waals surface area contributed by atoms with Crippen molar-refractivity contribution in [2.24, 2.45) is 0 Å². The summed E-state index contributed by atoms with van der Waals surface area (Å²) in [4.78, 5) is 18.7. The lowest BCUT2D eigenvalue weighted by molar-refractivity contribution is 0.0504. The third kappa shape index (κ3) is 2.47. The molecule has 0 radical (unpaired) electrons. The zero-order valence-corrected chi connectivity index (χ0v) is 11.3. The van der Waals surface area contributed by atoms with Crippen LogP contribution in [0.2, 0.25) is 0 Å². The van der Waals surface area contributed by atoms with Crippen LogP contribution in [0.4, 0.5) is 5.69 Å². The number of pyridine rings is 1. The minimum absolute atomic E-state index is 0.0531. The number of rotatable bonds is 2. The van der Waals surface area contributed by atoms with E-state index in [9.17, 15) is 4.79 Å². The zero-order valence-electron chi connectivity index (χ0n) is 11.3. The Kier molecular flexibility index (Phi) is 3.84. The van der Waals surface area contributed by atoms with Gasteiger partial charge >= 0.3 is 0 Å². The van der Waals surface area contributed by atoms with E-state index in [1.807, 2.05) is 18.0 Å². The number of hydrogen-bond acceptors (Lipinski definition) is 3. The van der Waals surface area contributed by atoms with Crippen molar-refractivity contribution in [1.82, 2.24) is 9.88 Å². The van der Waals surface area contributed by atoms with Crippen LogP contribution in [-0.2, 0) is 0 Å². The second-order valence-electron chi connectivity index (χ2n) is 5.02. The molecule has 0 bridgehead atoms. The number of amides is 1.